The maximum Gasteiger partial charge on any atom is 0.267 e. The molecule has 0 saturated heterocycles. The highest BCUT2D eigenvalue weighted by molar-refractivity contribution is 7.85. The number of allylic oxidation sites excluding steroid dienone is 7. The third kappa shape index (κ3) is 39.5. The fourth-order valence-electron chi connectivity index (χ4n) is 6.44. The topological polar surface area (TPSA) is 104 Å². The molecular weight excluding hydrogens is 667 g/mol. The van der Waals surface area contributed by atoms with E-state index in [1.54, 1.807) is 0 Å². The van der Waals surface area contributed by atoms with E-state index >= 15 is 0 Å². The second-order valence-corrected chi connectivity index (χ2v) is 16.5. The Morgan fingerprint density at radius 1 is 0.519 bits per heavy atom. The van der Waals surface area contributed by atoms with Gasteiger partial charge in [-0.3, -0.25) is 9.35 Å². The molecule has 0 aliphatic rings. The van der Waals surface area contributed by atoms with Gasteiger partial charge in [-0.15, -0.1) is 0 Å². The number of aliphatic hydroxyl groups excluding tert-OH is 1. The molecule has 0 aromatic carbocycles. The van der Waals surface area contributed by atoms with Crippen molar-refractivity contribution in [3.8, 4) is 0 Å². The molecule has 3 N–H and O–H groups in total. The van der Waals surface area contributed by atoms with Gasteiger partial charge in [0.15, 0.2) is 0 Å². The third-order valence-electron chi connectivity index (χ3n) is 9.73. The first-order valence-corrected chi connectivity index (χ1v) is 23.4. The zero-order chi connectivity index (χ0) is 38.2. The minimum Gasteiger partial charge on any atom is -0.387 e. The molecule has 304 valence electrons. The van der Waals surface area contributed by atoms with Crippen molar-refractivity contribution in [1.29, 1.82) is 0 Å². The summed E-state index contributed by atoms with van der Waals surface area (Å²) < 4.78 is 32.5. The lowest BCUT2D eigenvalue weighted by atomic mass is 10.0. The highest BCUT2D eigenvalue weighted by Gasteiger charge is 2.24. The number of amides is 1. The Labute approximate surface area is 322 Å². The summed E-state index contributed by atoms with van der Waals surface area (Å²) in [5, 5.41) is 13.2. The van der Waals surface area contributed by atoms with Crippen molar-refractivity contribution in [2.75, 3.05) is 5.75 Å². The molecule has 2 atom stereocenters. The van der Waals surface area contributed by atoms with Crippen LogP contribution < -0.4 is 5.32 Å². The van der Waals surface area contributed by atoms with Gasteiger partial charge in [0.25, 0.3) is 10.1 Å². The molecule has 0 heterocycles. The van der Waals surface area contributed by atoms with Crippen molar-refractivity contribution < 1.29 is 22.9 Å². The third-order valence-corrected chi connectivity index (χ3v) is 10.5. The van der Waals surface area contributed by atoms with Crippen LogP contribution in [0, 0.1) is 0 Å². The van der Waals surface area contributed by atoms with Crippen LogP contribution >= 0.6 is 0 Å². The molecule has 0 radical (unpaired) electrons. The number of carbonyl (C=O) groups is 1. The summed E-state index contributed by atoms with van der Waals surface area (Å²) in [5.74, 6) is -1.00. The average molecular weight is 750 g/mol. The lowest BCUT2D eigenvalue weighted by molar-refractivity contribution is -0.122. The van der Waals surface area contributed by atoms with E-state index in [0.717, 1.165) is 44.9 Å². The predicted molar refractivity (Wildman–Crippen MR) is 225 cm³/mol. The largest absolute Gasteiger partial charge is 0.387 e. The molecule has 52 heavy (non-hydrogen) atoms. The van der Waals surface area contributed by atoms with Gasteiger partial charge in [-0.05, 0) is 64.2 Å². The van der Waals surface area contributed by atoms with Crippen LogP contribution in [0.2, 0.25) is 0 Å². The first-order chi connectivity index (χ1) is 25.3. The Morgan fingerprint density at radius 2 is 0.885 bits per heavy atom. The van der Waals surface area contributed by atoms with E-state index in [2.05, 4.69) is 55.6 Å². The molecule has 0 rings (SSSR count). The molecule has 6 nitrogen and oxygen atoms in total. The molecule has 0 fully saturated rings. The summed E-state index contributed by atoms with van der Waals surface area (Å²) in [6, 6.07) is -1.08. The van der Waals surface area contributed by atoms with E-state index in [1.807, 2.05) is 6.08 Å². The van der Waals surface area contributed by atoms with Gasteiger partial charge in [0.05, 0.1) is 17.9 Å². The van der Waals surface area contributed by atoms with Crippen molar-refractivity contribution in [3.05, 3.63) is 48.6 Å². The van der Waals surface area contributed by atoms with Crippen molar-refractivity contribution in [2.24, 2.45) is 0 Å². The Morgan fingerprint density at radius 3 is 1.37 bits per heavy atom. The van der Waals surface area contributed by atoms with Crippen LogP contribution in [0.4, 0.5) is 0 Å². The summed E-state index contributed by atoms with van der Waals surface area (Å²) in [4.78, 5) is 12.5. The zero-order valence-corrected chi connectivity index (χ0v) is 34.7. The normalized spacial score (nSPS) is 13.7. The van der Waals surface area contributed by atoms with Crippen LogP contribution in [0.5, 0.6) is 0 Å². The molecular formula is C45H83NO5S. The van der Waals surface area contributed by atoms with E-state index < -0.39 is 28.0 Å². The summed E-state index contributed by atoms with van der Waals surface area (Å²) in [5.41, 5.74) is 0. The molecule has 2 unspecified atom stereocenters. The smallest absolute Gasteiger partial charge is 0.267 e. The Balaban J connectivity index is 3.94. The van der Waals surface area contributed by atoms with Crippen LogP contribution in [0.15, 0.2) is 48.6 Å². The minimum atomic E-state index is -4.36. The van der Waals surface area contributed by atoms with Crippen molar-refractivity contribution in [2.45, 2.75) is 225 Å². The quantitative estimate of drug-likeness (QED) is 0.0330. The Kier molecular flexibility index (Phi) is 37.7. The monoisotopic (exact) mass is 750 g/mol. The zero-order valence-electron chi connectivity index (χ0n) is 33.9. The van der Waals surface area contributed by atoms with E-state index in [-0.39, 0.29) is 12.3 Å². The highest BCUT2D eigenvalue weighted by atomic mass is 32.2. The molecule has 0 bridgehead atoms. The molecule has 0 saturated carbocycles. The molecule has 7 heteroatoms. The number of unbranched alkanes of at least 4 members (excludes halogenated alkanes) is 25. The molecule has 0 aliphatic heterocycles. The first kappa shape index (κ1) is 50.3. The van der Waals surface area contributed by atoms with E-state index in [4.69, 9.17) is 0 Å². The van der Waals surface area contributed by atoms with Crippen molar-refractivity contribution in [1.82, 2.24) is 5.32 Å². The Hall–Kier alpha value is -1.70. The number of nitrogens with one attached hydrogen (secondary N) is 1. The summed E-state index contributed by atoms with van der Waals surface area (Å²) in [6.45, 7) is 4.51. The van der Waals surface area contributed by atoms with Crippen LogP contribution in [-0.4, -0.2) is 41.9 Å². The highest BCUT2D eigenvalue weighted by Crippen LogP contribution is 2.14. The number of hydrogen-bond donors (Lipinski definition) is 3. The number of aliphatic hydroxyl groups is 1. The Bertz CT molecular complexity index is 1000. The fourth-order valence-corrected chi connectivity index (χ4v) is 7.17. The summed E-state index contributed by atoms with van der Waals surface area (Å²) in [7, 11) is -4.36. The van der Waals surface area contributed by atoms with E-state index in [9.17, 15) is 22.9 Å². The summed E-state index contributed by atoms with van der Waals surface area (Å²) >= 11 is 0. The molecule has 1 amide bonds. The van der Waals surface area contributed by atoms with Gasteiger partial charge < -0.3 is 10.4 Å². The average Bonchev–Trinajstić information content (AvgIpc) is 3.11. The van der Waals surface area contributed by atoms with Crippen molar-refractivity contribution in [3.63, 3.8) is 0 Å². The van der Waals surface area contributed by atoms with Crippen LogP contribution in [0.1, 0.15) is 213 Å². The second-order valence-electron chi connectivity index (χ2n) is 15.0. The van der Waals surface area contributed by atoms with Crippen molar-refractivity contribution >= 4 is 16.0 Å². The van der Waals surface area contributed by atoms with Crippen LogP contribution in [0.3, 0.4) is 0 Å². The van der Waals surface area contributed by atoms with E-state index in [1.165, 1.54) is 147 Å². The lowest BCUT2D eigenvalue weighted by Crippen LogP contribution is -2.46. The molecule has 0 aromatic rings. The maximum absolute atomic E-state index is 12.5. The van der Waals surface area contributed by atoms with Gasteiger partial charge in [-0.25, -0.2) is 0 Å². The summed E-state index contributed by atoms with van der Waals surface area (Å²) in [6.07, 6.45) is 52.4. The number of rotatable bonds is 39. The lowest BCUT2D eigenvalue weighted by Gasteiger charge is -2.21. The number of carbonyl (C=O) groups excluding carboxylic acids is 1. The van der Waals surface area contributed by atoms with Gasteiger partial charge in [0.2, 0.25) is 5.91 Å². The van der Waals surface area contributed by atoms with Gasteiger partial charge >= 0.3 is 0 Å². The molecule has 0 spiro atoms. The van der Waals surface area contributed by atoms with Crippen LogP contribution in [0.25, 0.3) is 0 Å². The standard InChI is InChI=1S/C45H83NO5S/c1-3-5-7-9-11-13-15-17-19-21-23-25-27-29-31-33-35-37-39-41-45(48)46-43(42-52(49,50)51)44(47)40-38-36-34-32-30-28-26-24-22-20-18-16-14-12-10-8-6-4-2/h11,13,17,19,30,32,38,40,43-44,47H,3-10,12,14-16,18,20-29,31,33-37,39,41-42H2,1-2H3,(H,46,48)(H,49,50,51)/b13-11-,19-17-,32-30+,40-38+. The van der Waals surface area contributed by atoms with Gasteiger partial charge in [-0.2, -0.15) is 8.42 Å². The molecule has 0 aromatic heterocycles. The minimum absolute atomic E-state index is 0.282. The van der Waals surface area contributed by atoms with E-state index in [0.29, 0.717) is 6.42 Å². The van der Waals surface area contributed by atoms with Gasteiger partial charge in [0, 0.05) is 6.42 Å². The van der Waals surface area contributed by atoms with Crippen LogP contribution in [-0.2, 0) is 14.9 Å². The SMILES string of the molecule is CCCCC/C=C\C/C=C\CCCCCCCCCCCC(=O)NC(CS(=O)(=O)O)C(O)/C=C/CC/C=C/CCCCCCCCCCCCCC. The second kappa shape index (κ2) is 39.0. The maximum atomic E-state index is 12.5. The van der Waals surface area contributed by atoms with Gasteiger partial charge in [0.1, 0.15) is 0 Å². The van der Waals surface area contributed by atoms with Gasteiger partial charge in [-0.1, -0.05) is 191 Å². The predicted octanol–water partition coefficient (Wildman–Crippen LogP) is 13.1. The first-order valence-electron chi connectivity index (χ1n) is 21.8. The molecule has 0 aliphatic carbocycles. The fraction of sp³-hybridized carbons (Fsp3) is 0.800. The number of hydrogen-bond acceptors (Lipinski definition) is 4.